The van der Waals surface area contributed by atoms with E-state index < -0.39 is 0 Å². The lowest BCUT2D eigenvalue weighted by molar-refractivity contribution is 0.0947. The number of rotatable bonds is 5. The van der Waals surface area contributed by atoms with Gasteiger partial charge in [-0.1, -0.05) is 6.07 Å². The first-order valence-corrected chi connectivity index (χ1v) is 8.54. The minimum absolute atomic E-state index is 0.176. The first-order valence-electron chi connectivity index (χ1n) is 8.54. The number of hydrogen-bond acceptors (Lipinski definition) is 5. The van der Waals surface area contributed by atoms with Crippen molar-refractivity contribution in [1.29, 1.82) is 0 Å². The first-order chi connectivity index (χ1) is 12.3. The van der Waals surface area contributed by atoms with Crippen LogP contribution in [0.1, 0.15) is 28.5 Å². The highest BCUT2D eigenvalue weighted by atomic mass is 16.1. The minimum Gasteiger partial charge on any atom is -0.349 e. The molecule has 4 rings (SSSR count). The van der Waals surface area contributed by atoms with Gasteiger partial charge < -0.3 is 10.6 Å². The molecule has 128 valence electrons. The summed E-state index contributed by atoms with van der Waals surface area (Å²) in [6.45, 7) is 3.04. The van der Waals surface area contributed by atoms with E-state index in [-0.39, 0.29) is 5.91 Å². The molecule has 0 spiro atoms. The molecule has 7 nitrogen and oxygen atoms in total. The van der Waals surface area contributed by atoms with E-state index in [9.17, 15) is 4.79 Å². The Bertz CT molecular complexity index is 870. The molecule has 0 radical (unpaired) electrons. The number of aromatic nitrogens is 4. The van der Waals surface area contributed by atoms with Crippen LogP contribution in [0.4, 0.5) is 0 Å². The summed E-state index contributed by atoms with van der Waals surface area (Å²) in [6, 6.07) is 9.31. The van der Waals surface area contributed by atoms with Gasteiger partial charge in [-0.3, -0.25) is 9.78 Å². The van der Waals surface area contributed by atoms with Gasteiger partial charge in [-0.25, -0.2) is 9.67 Å². The van der Waals surface area contributed by atoms with Gasteiger partial charge in [-0.15, -0.1) is 0 Å². The van der Waals surface area contributed by atoms with Crippen LogP contribution in [0.15, 0.2) is 42.7 Å². The summed E-state index contributed by atoms with van der Waals surface area (Å²) in [4.78, 5) is 20.6. The Morgan fingerprint density at radius 3 is 2.96 bits per heavy atom. The maximum Gasteiger partial charge on any atom is 0.269 e. The van der Waals surface area contributed by atoms with Crippen molar-refractivity contribution in [3.63, 3.8) is 0 Å². The normalized spacial score (nSPS) is 17.0. The summed E-state index contributed by atoms with van der Waals surface area (Å²) in [6.07, 6.45) is 4.49. The molecule has 4 heterocycles. The molecule has 7 heteroatoms. The van der Waals surface area contributed by atoms with Crippen LogP contribution < -0.4 is 10.6 Å². The number of nitrogens with zero attached hydrogens (tertiary/aromatic N) is 4. The lowest BCUT2D eigenvalue weighted by Gasteiger charge is -2.06. The summed E-state index contributed by atoms with van der Waals surface area (Å²) >= 11 is 0. The van der Waals surface area contributed by atoms with Crippen LogP contribution in [0.2, 0.25) is 0 Å². The van der Waals surface area contributed by atoms with E-state index in [0.717, 1.165) is 36.2 Å². The van der Waals surface area contributed by atoms with Crippen LogP contribution in [0, 0.1) is 0 Å². The van der Waals surface area contributed by atoms with E-state index in [1.165, 1.54) is 0 Å². The second-order valence-electron chi connectivity index (χ2n) is 6.14. The number of pyridine rings is 2. The Balaban J connectivity index is 1.49. The van der Waals surface area contributed by atoms with Gasteiger partial charge in [-0.2, -0.15) is 5.10 Å². The average molecular weight is 336 g/mol. The second-order valence-corrected chi connectivity index (χ2v) is 6.14. The van der Waals surface area contributed by atoms with Crippen molar-refractivity contribution in [3.05, 3.63) is 54.1 Å². The molecule has 1 atom stereocenters. The molecular formula is C18H20N6O. The number of carbonyl (C=O) groups excluding carboxylic acids is 1. The predicted molar refractivity (Wildman–Crippen MR) is 94.3 cm³/mol. The zero-order valence-electron chi connectivity index (χ0n) is 13.9. The molecule has 0 aliphatic carbocycles. The number of fused-ring (bicyclic) bond motifs is 1. The van der Waals surface area contributed by atoms with Gasteiger partial charge in [0.25, 0.3) is 5.91 Å². The van der Waals surface area contributed by atoms with Gasteiger partial charge in [0.2, 0.25) is 0 Å². The highest BCUT2D eigenvalue weighted by Gasteiger charge is 2.23. The summed E-state index contributed by atoms with van der Waals surface area (Å²) in [5, 5.41) is 12.2. The summed E-state index contributed by atoms with van der Waals surface area (Å²) in [5.41, 5.74) is 2.39. The number of nitrogens with one attached hydrogen (secondary N) is 2. The standard InChI is InChI=1S/C18H20N6O/c25-18(15-5-1-2-7-20-15)22-10-11-24-17-14(4-3-8-21-17)16(23-24)13-6-9-19-12-13/h1-5,7-8,13,19H,6,9-12H2,(H,22,25)/t13-/m0/s1. The average Bonchev–Trinajstić information content (AvgIpc) is 3.30. The third kappa shape index (κ3) is 3.23. The Kier molecular flexibility index (Phi) is 4.39. The van der Waals surface area contributed by atoms with Gasteiger partial charge in [0, 0.05) is 36.8 Å². The number of carbonyl (C=O) groups is 1. The molecule has 1 fully saturated rings. The largest absolute Gasteiger partial charge is 0.349 e. The number of amides is 1. The van der Waals surface area contributed by atoms with Gasteiger partial charge in [0.05, 0.1) is 12.2 Å². The summed E-state index contributed by atoms with van der Waals surface area (Å²) in [5.74, 6) is 0.251. The fourth-order valence-electron chi connectivity index (χ4n) is 3.24. The molecule has 1 amide bonds. The smallest absolute Gasteiger partial charge is 0.269 e. The highest BCUT2D eigenvalue weighted by Crippen LogP contribution is 2.27. The number of hydrogen-bond donors (Lipinski definition) is 2. The van der Waals surface area contributed by atoms with Crippen molar-refractivity contribution in [3.8, 4) is 0 Å². The van der Waals surface area contributed by atoms with Crippen LogP contribution >= 0.6 is 0 Å². The summed E-state index contributed by atoms with van der Waals surface area (Å²) in [7, 11) is 0. The van der Waals surface area contributed by atoms with Crippen molar-refractivity contribution in [1.82, 2.24) is 30.4 Å². The zero-order chi connectivity index (χ0) is 17.1. The molecule has 1 aliphatic heterocycles. The van der Waals surface area contributed by atoms with E-state index >= 15 is 0 Å². The van der Waals surface area contributed by atoms with Gasteiger partial charge in [-0.05, 0) is 37.2 Å². The molecule has 1 saturated heterocycles. The molecule has 3 aromatic heterocycles. The molecule has 1 aliphatic rings. The van der Waals surface area contributed by atoms with E-state index in [0.29, 0.717) is 24.7 Å². The van der Waals surface area contributed by atoms with Crippen LogP contribution in [0.25, 0.3) is 11.0 Å². The van der Waals surface area contributed by atoms with Crippen LogP contribution in [0.5, 0.6) is 0 Å². The van der Waals surface area contributed by atoms with Gasteiger partial charge in [0.1, 0.15) is 5.69 Å². The lowest BCUT2D eigenvalue weighted by atomic mass is 10.0. The third-order valence-electron chi connectivity index (χ3n) is 4.49. The fraction of sp³-hybridized carbons (Fsp3) is 0.333. The summed E-state index contributed by atoms with van der Waals surface area (Å²) < 4.78 is 1.89. The van der Waals surface area contributed by atoms with Crippen molar-refractivity contribution >= 4 is 16.9 Å². The topological polar surface area (TPSA) is 84.7 Å². The minimum atomic E-state index is -0.176. The Morgan fingerprint density at radius 1 is 1.24 bits per heavy atom. The monoisotopic (exact) mass is 336 g/mol. The molecular weight excluding hydrogens is 316 g/mol. The predicted octanol–water partition coefficient (Wildman–Crippen LogP) is 1.33. The van der Waals surface area contributed by atoms with E-state index in [2.05, 4.69) is 26.7 Å². The fourth-order valence-corrected chi connectivity index (χ4v) is 3.24. The lowest BCUT2D eigenvalue weighted by Crippen LogP contribution is -2.28. The van der Waals surface area contributed by atoms with E-state index in [4.69, 9.17) is 5.10 Å². The molecule has 3 aromatic rings. The van der Waals surface area contributed by atoms with E-state index in [1.54, 1.807) is 30.6 Å². The first kappa shape index (κ1) is 15.7. The Morgan fingerprint density at radius 2 is 2.16 bits per heavy atom. The molecule has 0 bridgehead atoms. The molecule has 0 saturated carbocycles. The maximum atomic E-state index is 12.1. The van der Waals surface area contributed by atoms with Crippen molar-refractivity contribution in [2.45, 2.75) is 18.9 Å². The Labute approximate surface area is 145 Å². The van der Waals surface area contributed by atoms with E-state index in [1.807, 2.05) is 10.7 Å². The van der Waals surface area contributed by atoms with Crippen molar-refractivity contribution in [2.24, 2.45) is 0 Å². The SMILES string of the molecule is O=C(NCCn1nc([C@H]2CCNC2)c2cccnc21)c1ccccn1. The third-order valence-corrected chi connectivity index (χ3v) is 4.49. The highest BCUT2D eigenvalue weighted by molar-refractivity contribution is 5.92. The zero-order valence-corrected chi connectivity index (χ0v) is 13.9. The van der Waals surface area contributed by atoms with Crippen LogP contribution in [-0.4, -0.2) is 45.3 Å². The Hall–Kier alpha value is -2.80. The maximum absolute atomic E-state index is 12.1. The molecule has 2 N–H and O–H groups in total. The molecule has 0 aromatic carbocycles. The van der Waals surface area contributed by atoms with Gasteiger partial charge >= 0.3 is 0 Å². The second kappa shape index (κ2) is 6.98. The van der Waals surface area contributed by atoms with Gasteiger partial charge in [0.15, 0.2) is 5.65 Å². The van der Waals surface area contributed by atoms with Crippen molar-refractivity contribution in [2.75, 3.05) is 19.6 Å². The van der Waals surface area contributed by atoms with Crippen molar-refractivity contribution < 1.29 is 4.79 Å². The molecule has 25 heavy (non-hydrogen) atoms. The van der Waals surface area contributed by atoms with Crippen LogP contribution in [0.3, 0.4) is 0 Å². The quantitative estimate of drug-likeness (QED) is 0.734. The van der Waals surface area contributed by atoms with Crippen LogP contribution in [-0.2, 0) is 6.54 Å². The molecule has 0 unspecified atom stereocenters.